The first kappa shape index (κ1) is 19.3. The predicted octanol–water partition coefficient (Wildman–Crippen LogP) is 4.69. The number of hydrogen-bond donors (Lipinski definition) is 1. The lowest BCUT2D eigenvalue weighted by molar-refractivity contribution is 0.207. The number of carbonyl (C=O) groups excluding carboxylic acids is 1. The number of halogens is 10. The van der Waals surface area contributed by atoms with Gasteiger partial charge in [-0.15, -0.1) is 0 Å². The molecule has 1 N–H and O–H groups in total. The molecule has 0 saturated carbocycles. The predicted molar refractivity (Wildman–Crippen MR) is 62.1 cm³/mol. The smallest absolute Gasteiger partial charge is 0.404 e. The van der Waals surface area contributed by atoms with E-state index >= 15 is 0 Å². The molecule has 0 atom stereocenters. The zero-order valence-electron chi connectivity index (χ0n) is 11.6. The van der Waals surface area contributed by atoms with Crippen molar-refractivity contribution in [3.8, 4) is 5.75 Å². The molecule has 140 valence electrons. The molecule has 0 aromatic heterocycles. The summed E-state index contributed by atoms with van der Waals surface area (Å²) in [5, 5.41) is 0.914. The second kappa shape index (κ2) is 6.72. The summed E-state index contributed by atoms with van der Waals surface area (Å²) in [6.45, 7) is 0. The van der Waals surface area contributed by atoms with E-state index in [2.05, 4.69) is 4.74 Å². The Bertz CT molecular complexity index is 799. The highest BCUT2D eigenvalue weighted by Gasteiger charge is 2.31. The zero-order valence-corrected chi connectivity index (χ0v) is 11.6. The van der Waals surface area contributed by atoms with E-state index in [1.165, 1.54) is 0 Å². The van der Waals surface area contributed by atoms with Crippen molar-refractivity contribution in [1.29, 1.82) is 0 Å². The highest BCUT2D eigenvalue weighted by molar-refractivity contribution is 5.86. The van der Waals surface area contributed by atoms with Crippen LogP contribution in [0.2, 0.25) is 0 Å². The molecule has 26 heavy (non-hydrogen) atoms. The van der Waals surface area contributed by atoms with E-state index in [9.17, 15) is 48.7 Å². The van der Waals surface area contributed by atoms with Crippen LogP contribution in [0.15, 0.2) is 0 Å². The van der Waals surface area contributed by atoms with Crippen LogP contribution in [0.25, 0.3) is 0 Å². The van der Waals surface area contributed by atoms with Crippen molar-refractivity contribution in [1.82, 2.24) is 0 Å². The number of ether oxygens (including phenoxy) is 1. The average molecular weight is 393 g/mol. The van der Waals surface area contributed by atoms with Crippen LogP contribution < -0.4 is 10.1 Å². The van der Waals surface area contributed by atoms with Gasteiger partial charge in [-0.3, -0.25) is 5.32 Å². The molecule has 0 saturated heterocycles. The van der Waals surface area contributed by atoms with E-state index in [1.54, 1.807) is 0 Å². The van der Waals surface area contributed by atoms with Gasteiger partial charge in [0.1, 0.15) is 5.69 Å². The molecule has 3 nitrogen and oxygen atoms in total. The maximum atomic E-state index is 13.3. The summed E-state index contributed by atoms with van der Waals surface area (Å²) in [5.41, 5.74) is -1.98. The number of amides is 1. The van der Waals surface area contributed by atoms with Crippen LogP contribution in [-0.2, 0) is 0 Å². The monoisotopic (exact) mass is 393 g/mol. The van der Waals surface area contributed by atoms with Crippen LogP contribution in [0.3, 0.4) is 0 Å². The molecule has 0 aliphatic rings. The Hall–Kier alpha value is -2.99. The fourth-order valence-corrected chi connectivity index (χ4v) is 1.61. The third kappa shape index (κ3) is 2.99. The molecule has 0 aliphatic heterocycles. The van der Waals surface area contributed by atoms with Gasteiger partial charge in [0.2, 0.25) is 40.7 Å². The summed E-state index contributed by atoms with van der Waals surface area (Å²) in [7, 11) is 0. The van der Waals surface area contributed by atoms with Gasteiger partial charge in [-0.25, -0.2) is 39.9 Å². The Morgan fingerprint density at radius 2 is 0.846 bits per heavy atom. The summed E-state index contributed by atoms with van der Waals surface area (Å²) < 4.78 is 134. The first-order chi connectivity index (χ1) is 12.0. The first-order valence-electron chi connectivity index (χ1n) is 6.00. The molecule has 0 bridgehead atoms. The second-order valence-electron chi connectivity index (χ2n) is 4.36. The van der Waals surface area contributed by atoms with Gasteiger partial charge in [0, 0.05) is 0 Å². The van der Waals surface area contributed by atoms with Crippen molar-refractivity contribution >= 4 is 11.8 Å². The SMILES string of the molecule is O=C(Nc1c(F)c(F)c(F)c(F)c1F)Oc1c(F)c(F)c(F)c(F)c1F. The number of hydrogen-bond acceptors (Lipinski definition) is 2. The quantitative estimate of drug-likeness (QED) is 0.457. The van der Waals surface area contributed by atoms with E-state index in [0.29, 0.717) is 0 Å². The van der Waals surface area contributed by atoms with Crippen molar-refractivity contribution < 1.29 is 53.4 Å². The first-order valence-corrected chi connectivity index (χ1v) is 6.00. The molecular formula is C13HF10NO2. The summed E-state index contributed by atoms with van der Waals surface area (Å²) in [4.78, 5) is 11.3. The standard InChI is InChI=1S/C13HF10NO2/c14-1-3(16)7(20)11(8(21)4(1)17)24-13(25)26-12-9(22)5(18)2(15)6(19)10(12)23/h(H,24,25). The van der Waals surface area contributed by atoms with Crippen LogP contribution in [0, 0.1) is 58.2 Å². The fourth-order valence-electron chi connectivity index (χ4n) is 1.61. The Balaban J connectivity index is 2.41. The average Bonchev–Trinajstić information content (AvgIpc) is 2.62. The van der Waals surface area contributed by atoms with Gasteiger partial charge in [-0.2, -0.15) is 8.78 Å². The molecule has 0 fully saturated rings. The summed E-state index contributed by atoms with van der Waals surface area (Å²) in [5.74, 6) is -27.6. The van der Waals surface area contributed by atoms with Crippen molar-refractivity contribution in [2.45, 2.75) is 0 Å². The van der Waals surface area contributed by atoms with Gasteiger partial charge in [0.05, 0.1) is 0 Å². The second-order valence-corrected chi connectivity index (χ2v) is 4.36. The molecule has 0 radical (unpaired) electrons. The number of rotatable bonds is 2. The number of benzene rings is 2. The summed E-state index contributed by atoms with van der Waals surface area (Å²) in [6, 6.07) is 0. The van der Waals surface area contributed by atoms with Crippen LogP contribution in [-0.4, -0.2) is 6.09 Å². The van der Waals surface area contributed by atoms with Crippen LogP contribution in [0.5, 0.6) is 5.75 Å². The van der Waals surface area contributed by atoms with Crippen LogP contribution in [0.4, 0.5) is 54.4 Å². The zero-order chi connectivity index (χ0) is 19.9. The van der Waals surface area contributed by atoms with Crippen molar-refractivity contribution in [3.05, 3.63) is 58.2 Å². The number of nitrogens with one attached hydrogen (secondary N) is 1. The van der Waals surface area contributed by atoms with Gasteiger partial charge in [-0.1, -0.05) is 0 Å². The van der Waals surface area contributed by atoms with Gasteiger partial charge in [-0.05, 0) is 0 Å². The number of carbonyl (C=O) groups is 1. The molecule has 0 heterocycles. The molecule has 2 aromatic rings. The molecule has 0 unspecified atom stereocenters. The minimum Gasteiger partial charge on any atom is -0.404 e. The lowest BCUT2D eigenvalue weighted by Gasteiger charge is -2.11. The normalized spacial score (nSPS) is 10.8. The Morgan fingerprint density at radius 3 is 1.23 bits per heavy atom. The van der Waals surface area contributed by atoms with E-state index in [4.69, 9.17) is 0 Å². The maximum Gasteiger partial charge on any atom is 0.417 e. The molecule has 2 rings (SSSR count). The fraction of sp³-hybridized carbons (Fsp3) is 0. The molecule has 13 heteroatoms. The summed E-state index contributed by atoms with van der Waals surface area (Å²) >= 11 is 0. The van der Waals surface area contributed by atoms with Crippen molar-refractivity contribution in [2.75, 3.05) is 5.32 Å². The Labute approximate surface area is 135 Å². The van der Waals surface area contributed by atoms with Gasteiger partial charge in [0.15, 0.2) is 23.3 Å². The van der Waals surface area contributed by atoms with E-state index in [-0.39, 0.29) is 0 Å². The molecule has 1 amide bonds. The van der Waals surface area contributed by atoms with Crippen LogP contribution >= 0.6 is 0 Å². The summed E-state index contributed by atoms with van der Waals surface area (Å²) in [6.07, 6.45) is -2.31. The Morgan fingerprint density at radius 1 is 0.538 bits per heavy atom. The number of anilines is 1. The van der Waals surface area contributed by atoms with E-state index in [0.717, 1.165) is 5.32 Å². The molecule has 0 spiro atoms. The third-order valence-corrected chi connectivity index (χ3v) is 2.80. The van der Waals surface area contributed by atoms with Crippen molar-refractivity contribution in [3.63, 3.8) is 0 Å². The maximum absolute atomic E-state index is 13.3. The lowest BCUT2D eigenvalue weighted by atomic mass is 10.2. The molecule has 2 aromatic carbocycles. The topological polar surface area (TPSA) is 38.3 Å². The van der Waals surface area contributed by atoms with Crippen LogP contribution in [0.1, 0.15) is 0 Å². The molecular weight excluding hydrogens is 392 g/mol. The van der Waals surface area contributed by atoms with E-state index < -0.39 is 75.7 Å². The van der Waals surface area contributed by atoms with Gasteiger partial charge in [0.25, 0.3) is 0 Å². The van der Waals surface area contributed by atoms with Gasteiger partial charge >= 0.3 is 6.09 Å². The van der Waals surface area contributed by atoms with E-state index in [1.807, 2.05) is 0 Å². The Kier molecular flexibility index (Phi) is 5.00. The highest BCUT2D eigenvalue weighted by atomic mass is 19.2. The third-order valence-electron chi connectivity index (χ3n) is 2.80. The largest absolute Gasteiger partial charge is 0.417 e. The van der Waals surface area contributed by atoms with Gasteiger partial charge < -0.3 is 4.74 Å². The minimum atomic E-state index is -2.59. The highest BCUT2D eigenvalue weighted by Crippen LogP contribution is 2.30. The van der Waals surface area contributed by atoms with Crippen molar-refractivity contribution in [2.24, 2.45) is 0 Å². The molecule has 0 aliphatic carbocycles. The minimum absolute atomic E-state index is 0.914. The lowest BCUT2D eigenvalue weighted by Crippen LogP contribution is -2.22.